The molecule has 0 spiro atoms. The standard InChI is InChI=1S/C13H15BrN2S/c14-9-6-7-12-11(8-9)15-13(17)16(12)10-4-2-1-3-5-10/h6-8,10H,1-5H2,(H,15,17). The quantitative estimate of drug-likeness (QED) is 0.738. The van der Waals surface area contributed by atoms with Crippen LogP contribution < -0.4 is 0 Å². The summed E-state index contributed by atoms with van der Waals surface area (Å²) in [5, 5.41) is 0. The number of hydrogen-bond donors (Lipinski definition) is 1. The van der Waals surface area contributed by atoms with Crippen molar-refractivity contribution in [2.75, 3.05) is 0 Å². The summed E-state index contributed by atoms with van der Waals surface area (Å²) in [6.45, 7) is 0. The molecule has 0 atom stereocenters. The van der Waals surface area contributed by atoms with Gasteiger partial charge in [0.05, 0.1) is 11.0 Å². The Morgan fingerprint density at radius 3 is 2.76 bits per heavy atom. The van der Waals surface area contributed by atoms with Crippen LogP contribution in [0.2, 0.25) is 0 Å². The van der Waals surface area contributed by atoms with Crippen LogP contribution in [0.15, 0.2) is 22.7 Å². The first-order chi connectivity index (χ1) is 8.25. The molecule has 1 aliphatic carbocycles. The fourth-order valence-corrected chi connectivity index (χ4v) is 3.52. The second-order valence-electron chi connectivity index (χ2n) is 4.75. The highest BCUT2D eigenvalue weighted by Crippen LogP contribution is 2.32. The number of aromatic amines is 1. The van der Waals surface area contributed by atoms with Gasteiger partial charge in [0, 0.05) is 10.5 Å². The van der Waals surface area contributed by atoms with Gasteiger partial charge in [-0.1, -0.05) is 35.2 Å². The molecule has 1 fully saturated rings. The van der Waals surface area contributed by atoms with Crippen LogP contribution in [0.25, 0.3) is 11.0 Å². The van der Waals surface area contributed by atoms with Crippen molar-refractivity contribution >= 4 is 39.2 Å². The van der Waals surface area contributed by atoms with E-state index in [4.69, 9.17) is 12.2 Å². The maximum Gasteiger partial charge on any atom is 0.178 e. The molecule has 4 heteroatoms. The average Bonchev–Trinajstić information content (AvgIpc) is 2.65. The van der Waals surface area contributed by atoms with E-state index < -0.39 is 0 Å². The third kappa shape index (κ3) is 2.08. The van der Waals surface area contributed by atoms with Crippen LogP contribution in [-0.4, -0.2) is 9.55 Å². The third-order valence-electron chi connectivity index (χ3n) is 3.62. The zero-order chi connectivity index (χ0) is 11.8. The number of fused-ring (bicyclic) bond motifs is 1. The molecule has 0 aliphatic heterocycles. The second-order valence-corrected chi connectivity index (χ2v) is 6.06. The van der Waals surface area contributed by atoms with Gasteiger partial charge < -0.3 is 9.55 Å². The van der Waals surface area contributed by atoms with Gasteiger partial charge in [-0.15, -0.1) is 0 Å². The molecule has 1 aliphatic rings. The number of aromatic nitrogens is 2. The minimum Gasteiger partial charge on any atom is -0.331 e. The van der Waals surface area contributed by atoms with Crippen molar-refractivity contribution in [1.82, 2.24) is 9.55 Å². The minimum atomic E-state index is 0.589. The van der Waals surface area contributed by atoms with Crippen molar-refractivity contribution in [2.24, 2.45) is 0 Å². The lowest BCUT2D eigenvalue weighted by atomic mass is 9.95. The molecule has 0 bridgehead atoms. The van der Waals surface area contributed by atoms with Crippen LogP contribution in [0, 0.1) is 4.77 Å². The summed E-state index contributed by atoms with van der Waals surface area (Å²) in [4.78, 5) is 3.31. The molecule has 0 amide bonds. The van der Waals surface area contributed by atoms with E-state index in [1.165, 1.54) is 37.6 Å². The van der Waals surface area contributed by atoms with Gasteiger partial charge >= 0.3 is 0 Å². The first-order valence-corrected chi connectivity index (χ1v) is 7.35. The van der Waals surface area contributed by atoms with Crippen LogP contribution in [0.4, 0.5) is 0 Å². The van der Waals surface area contributed by atoms with Gasteiger partial charge in [0.2, 0.25) is 0 Å². The molecule has 1 N–H and O–H groups in total. The summed E-state index contributed by atoms with van der Waals surface area (Å²) in [6, 6.07) is 6.93. The monoisotopic (exact) mass is 310 g/mol. The van der Waals surface area contributed by atoms with Gasteiger partial charge in [-0.3, -0.25) is 0 Å². The predicted molar refractivity (Wildman–Crippen MR) is 76.9 cm³/mol. The molecule has 1 heterocycles. The van der Waals surface area contributed by atoms with Crippen molar-refractivity contribution in [1.29, 1.82) is 0 Å². The molecule has 1 saturated carbocycles. The van der Waals surface area contributed by atoms with E-state index in [1.807, 2.05) is 0 Å². The topological polar surface area (TPSA) is 20.7 Å². The van der Waals surface area contributed by atoms with Crippen LogP contribution in [-0.2, 0) is 0 Å². The van der Waals surface area contributed by atoms with Crippen molar-refractivity contribution < 1.29 is 0 Å². The number of hydrogen-bond acceptors (Lipinski definition) is 1. The molecule has 2 aromatic rings. The summed E-state index contributed by atoms with van der Waals surface area (Å²) in [7, 11) is 0. The van der Waals surface area contributed by atoms with Gasteiger partial charge in [-0.05, 0) is 43.3 Å². The Labute approximate surface area is 114 Å². The Balaban J connectivity index is 2.14. The number of imidazole rings is 1. The fraction of sp³-hybridized carbons (Fsp3) is 0.462. The maximum absolute atomic E-state index is 5.47. The van der Waals surface area contributed by atoms with Crippen LogP contribution in [0.1, 0.15) is 38.1 Å². The zero-order valence-electron chi connectivity index (χ0n) is 9.58. The number of rotatable bonds is 1. The van der Waals surface area contributed by atoms with Crippen LogP contribution >= 0.6 is 28.1 Å². The summed E-state index contributed by atoms with van der Waals surface area (Å²) in [6.07, 6.45) is 6.55. The third-order valence-corrected chi connectivity index (χ3v) is 4.41. The largest absolute Gasteiger partial charge is 0.331 e. The molecular weight excluding hydrogens is 296 g/mol. The first-order valence-electron chi connectivity index (χ1n) is 6.15. The lowest BCUT2D eigenvalue weighted by molar-refractivity contribution is 0.357. The summed E-state index contributed by atoms with van der Waals surface area (Å²) >= 11 is 8.97. The van der Waals surface area contributed by atoms with E-state index in [-0.39, 0.29) is 0 Å². The first kappa shape index (κ1) is 11.5. The highest BCUT2D eigenvalue weighted by Gasteiger charge is 2.18. The molecular formula is C13H15BrN2S. The predicted octanol–water partition coefficient (Wildman–Crippen LogP) is 4.97. The molecule has 0 saturated heterocycles. The van der Waals surface area contributed by atoms with E-state index in [2.05, 4.69) is 43.7 Å². The van der Waals surface area contributed by atoms with E-state index >= 15 is 0 Å². The molecule has 3 rings (SSSR count). The summed E-state index contributed by atoms with van der Waals surface area (Å²) in [5.74, 6) is 0. The molecule has 0 unspecified atom stereocenters. The van der Waals surface area contributed by atoms with Crippen molar-refractivity contribution in [2.45, 2.75) is 38.1 Å². The fourth-order valence-electron chi connectivity index (χ4n) is 2.81. The van der Waals surface area contributed by atoms with E-state index in [9.17, 15) is 0 Å². The molecule has 17 heavy (non-hydrogen) atoms. The van der Waals surface area contributed by atoms with E-state index in [0.717, 1.165) is 14.8 Å². The molecule has 0 radical (unpaired) electrons. The van der Waals surface area contributed by atoms with Crippen LogP contribution in [0.5, 0.6) is 0 Å². The van der Waals surface area contributed by atoms with Gasteiger partial charge in [0.1, 0.15) is 0 Å². The number of nitrogens with one attached hydrogen (secondary N) is 1. The van der Waals surface area contributed by atoms with Gasteiger partial charge in [-0.25, -0.2) is 0 Å². The summed E-state index contributed by atoms with van der Waals surface area (Å²) in [5.41, 5.74) is 2.38. The lowest BCUT2D eigenvalue weighted by Gasteiger charge is -2.23. The zero-order valence-corrected chi connectivity index (χ0v) is 12.0. The van der Waals surface area contributed by atoms with E-state index in [1.54, 1.807) is 0 Å². The Kier molecular flexibility index (Phi) is 3.09. The van der Waals surface area contributed by atoms with Crippen molar-refractivity contribution in [3.05, 3.63) is 27.4 Å². The van der Waals surface area contributed by atoms with Crippen LogP contribution in [0.3, 0.4) is 0 Å². The molecule has 1 aromatic heterocycles. The van der Waals surface area contributed by atoms with Gasteiger partial charge in [-0.2, -0.15) is 0 Å². The van der Waals surface area contributed by atoms with E-state index in [0.29, 0.717) is 6.04 Å². The molecule has 2 nitrogen and oxygen atoms in total. The SMILES string of the molecule is S=c1[nH]c2cc(Br)ccc2n1C1CCCCC1. The smallest absolute Gasteiger partial charge is 0.178 e. The highest BCUT2D eigenvalue weighted by atomic mass is 79.9. The van der Waals surface area contributed by atoms with Gasteiger partial charge in [0.15, 0.2) is 4.77 Å². The Hall–Kier alpha value is -0.610. The number of nitrogens with zero attached hydrogens (tertiary/aromatic N) is 1. The Morgan fingerprint density at radius 1 is 1.24 bits per heavy atom. The summed E-state index contributed by atoms with van der Waals surface area (Å²) < 4.78 is 4.28. The minimum absolute atomic E-state index is 0.589. The normalized spacial score (nSPS) is 17.7. The number of benzene rings is 1. The Morgan fingerprint density at radius 2 is 2.00 bits per heavy atom. The molecule has 90 valence electrons. The van der Waals surface area contributed by atoms with Gasteiger partial charge in [0.25, 0.3) is 0 Å². The molecule has 1 aromatic carbocycles. The van der Waals surface area contributed by atoms with Crippen molar-refractivity contribution in [3.63, 3.8) is 0 Å². The maximum atomic E-state index is 5.47. The Bertz CT molecular complexity index is 593. The van der Waals surface area contributed by atoms with Crippen molar-refractivity contribution in [3.8, 4) is 0 Å². The average molecular weight is 311 g/mol. The number of halogens is 1. The highest BCUT2D eigenvalue weighted by molar-refractivity contribution is 9.10. The number of H-pyrrole nitrogens is 1. The second kappa shape index (κ2) is 4.58. The lowest BCUT2D eigenvalue weighted by Crippen LogP contribution is -2.12.